The molecule has 2 aliphatic rings. The van der Waals surface area contributed by atoms with Crippen molar-refractivity contribution in [3.8, 4) is 5.75 Å². The zero-order valence-electron chi connectivity index (χ0n) is 23.6. The van der Waals surface area contributed by atoms with Crippen LogP contribution in [-0.2, 0) is 16.0 Å². The molecule has 4 aromatic rings. The second-order valence-electron chi connectivity index (χ2n) is 10.5. The number of para-hydroxylation sites is 2. The average molecular weight is 599 g/mol. The number of thioether (sulfide) groups is 1. The molecule has 3 aromatic carbocycles. The molecule has 220 valence electrons. The van der Waals surface area contributed by atoms with Crippen molar-refractivity contribution < 1.29 is 29.0 Å². The molecular weight excluding hydrogens is 568 g/mol. The summed E-state index contributed by atoms with van der Waals surface area (Å²) in [6.07, 6.45) is 2.39. The Morgan fingerprint density at radius 3 is 2.51 bits per heavy atom. The van der Waals surface area contributed by atoms with Crippen LogP contribution in [0.5, 0.6) is 5.75 Å². The van der Waals surface area contributed by atoms with Gasteiger partial charge in [-0.2, -0.15) is 11.8 Å². The largest absolute Gasteiger partial charge is 0.497 e. The lowest BCUT2D eigenvalue weighted by molar-refractivity contribution is -0.139. The third-order valence-corrected chi connectivity index (χ3v) is 8.73. The highest BCUT2D eigenvalue weighted by Crippen LogP contribution is 2.45. The third kappa shape index (κ3) is 4.89. The van der Waals surface area contributed by atoms with Gasteiger partial charge in [0.2, 0.25) is 0 Å². The van der Waals surface area contributed by atoms with Crippen LogP contribution in [0.4, 0.5) is 10.5 Å². The maximum atomic E-state index is 14.3. The topological polar surface area (TPSA) is 132 Å². The molecule has 2 aliphatic heterocycles. The lowest BCUT2D eigenvalue weighted by Gasteiger charge is -2.36. The molecular formula is C32H30N4O6S. The monoisotopic (exact) mass is 598 g/mol. The summed E-state index contributed by atoms with van der Waals surface area (Å²) in [5.74, 6) is -1.06. The first-order chi connectivity index (χ1) is 20.8. The Balaban J connectivity index is 1.41. The first-order valence-electron chi connectivity index (χ1n) is 13.8. The van der Waals surface area contributed by atoms with Crippen LogP contribution in [-0.4, -0.2) is 70.0 Å². The van der Waals surface area contributed by atoms with E-state index in [1.165, 1.54) is 23.9 Å². The Kier molecular flexibility index (Phi) is 7.57. The molecule has 0 aliphatic carbocycles. The number of aromatic amines is 1. The number of carbonyl (C=O) groups is 4. The van der Waals surface area contributed by atoms with E-state index >= 15 is 0 Å². The van der Waals surface area contributed by atoms with Gasteiger partial charge in [0.05, 0.1) is 18.4 Å². The fourth-order valence-electron chi connectivity index (χ4n) is 6.02. The lowest BCUT2D eigenvalue weighted by Crippen LogP contribution is -2.44. The van der Waals surface area contributed by atoms with Crippen molar-refractivity contribution in [1.29, 1.82) is 0 Å². The number of nitrogens with one attached hydrogen (secondary N) is 2. The summed E-state index contributed by atoms with van der Waals surface area (Å²) >= 11 is 1.47. The van der Waals surface area contributed by atoms with Crippen LogP contribution in [0.2, 0.25) is 0 Å². The summed E-state index contributed by atoms with van der Waals surface area (Å²) < 4.78 is 5.35. The normalized spacial score (nSPS) is 18.4. The highest BCUT2D eigenvalue weighted by molar-refractivity contribution is 7.98. The molecule has 1 aromatic heterocycles. The first kappa shape index (κ1) is 28.4. The number of carboxylic acids is 1. The predicted octanol–water partition coefficient (Wildman–Crippen LogP) is 4.60. The number of urea groups is 1. The predicted molar refractivity (Wildman–Crippen MR) is 164 cm³/mol. The van der Waals surface area contributed by atoms with Crippen LogP contribution < -0.4 is 15.0 Å². The lowest BCUT2D eigenvalue weighted by atomic mass is 9.89. The van der Waals surface area contributed by atoms with Crippen LogP contribution >= 0.6 is 11.8 Å². The number of aliphatic carboxylic acids is 1. The van der Waals surface area contributed by atoms with Crippen LogP contribution in [0.3, 0.4) is 0 Å². The van der Waals surface area contributed by atoms with E-state index in [9.17, 15) is 24.3 Å². The third-order valence-electron chi connectivity index (χ3n) is 8.08. The quantitative estimate of drug-likeness (QED) is 0.240. The van der Waals surface area contributed by atoms with Crippen molar-refractivity contribution in [2.24, 2.45) is 0 Å². The van der Waals surface area contributed by atoms with Gasteiger partial charge in [-0.15, -0.1) is 0 Å². The summed E-state index contributed by atoms with van der Waals surface area (Å²) in [5.41, 5.74) is 3.66. The minimum absolute atomic E-state index is 0.0458. The number of anilines is 1. The van der Waals surface area contributed by atoms with E-state index < -0.39 is 41.9 Å². The van der Waals surface area contributed by atoms with E-state index in [4.69, 9.17) is 4.74 Å². The number of carbonyl (C=O) groups excluding carboxylic acids is 3. The maximum absolute atomic E-state index is 14.3. The number of ether oxygens (including phenoxy) is 1. The van der Waals surface area contributed by atoms with E-state index in [1.54, 1.807) is 24.1 Å². The Bertz CT molecular complexity index is 1740. The molecule has 0 bridgehead atoms. The molecule has 6 rings (SSSR count). The molecule has 0 unspecified atom stereocenters. The zero-order chi connectivity index (χ0) is 30.2. The molecule has 10 nitrogen and oxygen atoms in total. The number of nitrogens with zero attached hydrogens (tertiary/aromatic N) is 2. The molecule has 3 atom stereocenters. The van der Waals surface area contributed by atoms with Crippen LogP contribution in [0.25, 0.3) is 10.9 Å². The number of benzene rings is 3. The first-order valence-corrected chi connectivity index (χ1v) is 15.2. The molecule has 0 radical (unpaired) electrons. The fourth-order valence-corrected chi connectivity index (χ4v) is 6.49. The van der Waals surface area contributed by atoms with Crippen molar-refractivity contribution in [2.45, 2.75) is 31.0 Å². The summed E-state index contributed by atoms with van der Waals surface area (Å²) in [5, 5.41) is 13.2. The van der Waals surface area contributed by atoms with Gasteiger partial charge in [0.25, 0.3) is 11.8 Å². The number of aromatic nitrogens is 1. The van der Waals surface area contributed by atoms with Gasteiger partial charge in [0.1, 0.15) is 23.9 Å². The highest BCUT2D eigenvalue weighted by atomic mass is 32.2. The SMILES string of the molecule is COc1ccc([C@H]2c3[nH]c4ccccc4c3C[C@H]3C(=O)N(c4ccccc4C(=O)N[C@@H](CCSC)C(=O)O)C(=O)N23)cc1. The van der Waals surface area contributed by atoms with E-state index in [0.29, 0.717) is 17.9 Å². The maximum Gasteiger partial charge on any atom is 0.332 e. The zero-order valence-corrected chi connectivity index (χ0v) is 24.4. The van der Waals surface area contributed by atoms with Crippen LogP contribution in [0.15, 0.2) is 72.8 Å². The number of rotatable bonds is 9. The average Bonchev–Trinajstić information content (AvgIpc) is 3.51. The summed E-state index contributed by atoms with van der Waals surface area (Å²) in [6, 6.07) is 18.5. The molecule has 1 saturated heterocycles. The van der Waals surface area contributed by atoms with Crippen molar-refractivity contribution in [3.05, 3.63) is 95.2 Å². The van der Waals surface area contributed by atoms with Gasteiger partial charge < -0.3 is 20.1 Å². The molecule has 3 heterocycles. The Hall–Kier alpha value is -4.77. The minimum Gasteiger partial charge on any atom is -0.497 e. The minimum atomic E-state index is -1.15. The number of imide groups is 1. The van der Waals surface area contributed by atoms with Gasteiger partial charge in [0, 0.05) is 23.0 Å². The van der Waals surface area contributed by atoms with Gasteiger partial charge in [-0.05, 0) is 59.9 Å². The second kappa shape index (κ2) is 11.5. The number of H-pyrrole nitrogens is 1. The molecule has 1 fully saturated rings. The fraction of sp³-hybridized carbons (Fsp3) is 0.250. The molecule has 0 spiro atoms. The number of fused-ring (bicyclic) bond motifs is 4. The molecule has 43 heavy (non-hydrogen) atoms. The summed E-state index contributed by atoms with van der Waals surface area (Å²) in [7, 11) is 1.58. The summed E-state index contributed by atoms with van der Waals surface area (Å²) in [4.78, 5) is 59.8. The molecule has 4 amide bonds. The summed E-state index contributed by atoms with van der Waals surface area (Å²) in [6.45, 7) is 0. The second-order valence-corrected chi connectivity index (χ2v) is 11.5. The Morgan fingerprint density at radius 2 is 1.79 bits per heavy atom. The number of hydrogen-bond donors (Lipinski definition) is 3. The number of carboxylic acid groups (broad SMARTS) is 1. The van der Waals surface area contributed by atoms with E-state index in [-0.39, 0.29) is 17.7 Å². The molecule has 0 saturated carbocycles. The number of amides is 4. The van der Waals surface area contributed by atoms with Gasteiger partial charge in [-0.1, -0.05) is 42.5 Å². The van der Waals surface area contributed by atoms with Gasteiger partial charge in [-0.3, -0.25) is 14.5 Å². The van der Waals surface area contributed by atoms with Gasteiger partial charge in [-0.25, -0.2) is 14.5 Å². The van der Waals surface area contributed by atoms with Gasteiger partial charge >= 0.3 is 12.0 Å². The van der Waals surface area contributed by atoms with Crippen molar-refractivity contribution in [1.82, 2.24) is 15.2 Å². The van der Waals surface area contributed by atoms with Crippen LogP contribution in [0, 0.1) is 0 Å². The highest BCUT2D eigenvalue weighted by Gasteiger charge is 2.53. The molecule has 3 N–H and O–H groups in total. The molecule has 11 heteroatoms. The van der Waals surface area contributed by atoms with E-state index in [1.807, 2.05) is 54.8 Å². The van der Waals surface area contributed by atoms with Crippen molar-refractivity contribution in [3.63, 3.8) is 0 Å². The number of hydrogen-bond acceptors (Lipinski definition) is 6. The van der Waals surface area contributed by atoms with E-state index in [0.717, 1.165) is 32.6 Å². The van der Waals surface area contributed by atoms with Crippen molar-refractivity contribution >= 4 is 52.2 Å². The van der Waals surface area contributed by atoms with Gasteiger partial charge in [0.15, 0.2) is 0 Å². The standard InChI is InChI=1S/C32H30N4O6S/c1-42-19-13-11-18(12-14-19)28-27-22(20-7-3-5-9-23(20)33-27)17-26-30(38)36(32(41)35(26)28)25-10-6-4-8-21(25)29(37)34-24(31(39)40)15-16-43-2/h3-14,24,26,28,33H,15-17H2,1-2H3,(H,34,37)(H,39,40)/t24-,26-,28-/m0/s1. The smallest absolute Gasteiger partial charge is 0.332 e. The van der Waals surface area contributed by atoms with Crippen molar-refractivity contribution in [2.75, 3.05) is 24.0 Å². The Labute approximate surface area is 252 Å². The van der Waals surface area contributed by atoms with E-state index in [2.05, 4.69) is 10.3 Å². The van der Waals surface area contributed by atoms with Crippen LogP contribution in [0.1, 0.15) is 39.6 Å². The number of methoxy groups -OCH3 is 1. The Morgan fingerprint density at radius 1 is 1.07 bits per heavy atom.